The second-order valence-corrected chi connectivity index (χ2v) is 3.81. The van der Waals surface area contributed by atoms with Gasteiger partial charge in [-0.2, -0.15) is 0 Å². The summed E-state index contributed by atoms with van der Waals surface area (Å²) in [5, 5.41) is 0. The third-order valence-electron chi connectivity index (χ3n) is 2.44. The normalized spacial score (nSPS) is 10.3. The molecule has 0 fully saturated rings. The van der Waals surface area contributed by atoms with Gasteiger partial charge in [-0.3, -0.25) is 4.79 Å². The van der Waals surface area contributed by atoms with Crippen LogP contribution in [-0.2, 0) is 0 Å². The Kier molecular flexibility index (Phi) is 3.77. The highest BCUT2D eigenvalue weighted by Gasteiger charge is 2.16. The predicted molar refractivity (Wildman–Crippen MR) is 62.2 cm³/mol. The number of methoxy groups -OCH3 is 2. The maximum Gasteiger partial charge on any atom is 0.249 e. The minimum atomic E-state index is -0.454. The first kappa shape index (κ1) is 12.4. The first-order chi connectivity index (χ1) is 7.51. The third-order valence-corrected chi connectivity index (χ3v) is 2.44. The highest BCUT2D eigenvalue weighted by atomic mass is 16.5. The van der Waals surface area contributed by atoms with Gasteiger partial charge in [0.15, 0.2) is 11.5 Å². The Hall–Kier alpha value is -1.71. The van der Waals surface area contributed by atoms with E-state index in [-0.39, 0.29) is 5.92 Å². The van der Waals surface area contributed by atoms with Crippen molar-refractivity contribution in [3.63, 3.8) is 0 Å². The number of rotatable bonds is 4. The van der Waals surface area contributed by atoms with Gasteiger partial charge < -0.3 is 15.2 Å². The molecule has 0 heterocycles. The van der Waals surface area contributed by atoms with E-state index in [2.05, 4.69) is 0 Å². The van der Waals surface area contributed by atoms with E-state index in [0.29, 0.717) is 17.1 Å². The average molecular weight is 223 g/mol. The van der Waals surface area contributed by atoms with Crippen LogP contribution in [0.3, 0.4) is 0 Å². The Balaban J connectivity index is 3.41. The zero-order valence-electron chi connectivity index (χ0n) is 10.0. The molecular weight excluding hydrogens is 206 g/mol. The molecule has 4 nitrogen and oxygen atoms in total. The summed E-state index contributed by atoms with van der Waals surface area (Å²) in [5.74, 6) is 0.865. The van der Waals surface area contributed by atoms with Crippen LogP contribution in [0.15, 0.2) is 12.1 Å². The van der Waals surface area contributed by atoms with Gasteiger partial charge in [-0.05, 0) is 23.6 Å². The van der Waals surface area contributed by atoms with Crippen LogP contribution in [0, 0.1) is 0 Å². The van der Waals surface area contributed by atoms with Gasteiger partial charge in [-0.25, -0.2) is 0 Å². The van der Waals surface area contributed by atoms with Gasteiger partial charge in [0.2, 0.25) is 5.91 Å². The summed E-state index contributed by atoms with van der Waals surface area (Å²) in [6, 6.07) is 3.42. The highest BCUT2D eigenvalue weighted by molar-refractivity contribution is 5.95. The van der Waals surface area contributed by atoms with Crippen LogP contribution in [0.1, 0.15) is 35.7 Å². The van der Waals surface area contributed by atoms with Crippen LogP contribution < -0.4 is 15.2 Å². The Bertz CT molecular complexity index is 399. The fourth-order valence-corrected chi connectivity index (χ4v) is 1.59. The maximum absolute atomic E-state index is 11.3. The third kappa shape index (κ3) is 2.27. The first-order valence-electron chi connectivity index (χ1n) is 5.07. The monoisotopic (exact) mass is 223 g/mol. The molecule has 0 bridgehead atoms. The molecule has 16 heavy (non-hydrogen) atoms. The van der Waals surface area contributed by atoms with Crippen molar-refractivity contribution >= 4 is 5.91 Å². The van der Waals surface area contributed by atoms with Crippen LogP contribution in [0.5, 0.6) is 11.5 Å². The lowest BCUT2D eigenvalue weighted by molar-refractivity contribution is 0.0998. The second-order valence-electron chi connectivity index (χ2n) is 3.81. The van der Waals surface area contributed by atoms with Crippen molar-refractivity contribution in [1.29, 1.82) is 0 Å². The molecule has 2 N–H and O–H groups in total. The van der Waals surface area contributed by atoms with E-state index in [1.165, 1.54) is 7.11 Å². The Morgan fingerprint density at radius 1 is 1.19 bits per heavy atom. The van der Waals surface area contributed by atoms with E-state index in [4.69, 9.17) is 15.2 Å². The number of hydrogen-bond acceptors (Lipinski definition) is 3. The number of hydrogen-bond donors (Lipinski definition) is 1. The molecule has 1 rings (SSSR count). The van der Waals surface area contributed by atoms with E-state index in [0.717, 1.165) is 5.56 Å². The molecular formula is C12H17NO3. The van der Waals surface area contributed by atoms with Gasteiger partial charge in [0.25, 0.3) is 0 Å². The van der Waals surface area contributed by atoms with Crippen LogP contribution >= 0.6 is 0 Å². The summed E-state index contributed by atoms with van der Waals surface area (Å²) in [5.41, 5.74) is 6.68. The van der Waals surface area contributed by atoms with Gasteiger partial charge in [-0.15, -0.1) is 0 Å². The van der Waals surface area contributed by atoms with Crippen molar-refractivity contribution in [2.45, 2.75) is 19.8 Å². The van der Waals surface area contributed by atoms with Gasteiger partial charge in [0.1, 0.15) is 0 Å². The molecule has 1 aromatic carbocycles. The van der Waals surface area contributed by atoms with E-state index in [1.807, 2.05) is 13.8 Å². The molecule has 0 spiro atoms. The zero-order valence-corrected chi connectivity index (χ0v) is 10.0. The minimum absolute atomic E-state index is 0.197. The van der Waals surface area contributed by atoms with Crippen molar-refractivity contribution < 1.29 is 14.3 Å². The lowest BCUT2D eigenvalue weighted by Crippen LogP contribution is -2.15. The molecule has 1 aromatic rings. The van der Waals surface area contributed by atoms with Crippen molar-refractivity contribution in [2.75, 3.05) is 14.2 Å². The van der Waals surface area contributed by atoms with Crippen molar-refractivity contribution in [2.24, 2.45) is 5.73 Å². The summed E-state index contributed by atoms with van der Waals surface area (Å²) in [6.45, 7) is 3.99. The number of nitrogens with two attached hydrogens (primary N) is 1. The van der Waals surface area contributed by atoms with Gasteiger partial charge >= 0.3 is 0 Å². The fourth-order valence-electron chi connectivity index (χ4n) is 1.59. The quantitative estimate of drug-likeness (QED) is 0.848. The molecule has 4 heteroatoms. The molecule has 0 aliphatic carbocycles. The lowest BCUT2D eigenvalue weighted by Gasteiger charge is -2.15. The zero-order chi connectivity index (χ0) is 12.3. The highest BCUT2D eigenvalue weighted by Crippen LogP contribution is 2.33. The molecule has 0 saturated heterocycles. The van der Waals surface area contributed by atoms with Gasteiger partial charge in [-0.1, -0.05) is 13.8 Å². The predicted octanol–water partition coefficient (Wildman–Crippen LogP) is 1.93. The Morgan fingerprint density at radius 3 is 2.06 bits per heavy atom. The maximum atomic E-state index is 11.3. The van der Waals surface area contributed by atoms with Crippen LogP contribution in [0.4, 0.5) is 0 Å². The molecule has 1 amide bonds. The SMILES string of the molecule is COc1cc(C(N)=O)c(C(C)C)cc1OC. The summed E-state index contributed by atoms with van der Waals surface area (Å²) in [4.78, 5) is 11.3. The summed E-state index contributed by atoms with van der Waals surface area (Å²) < 4.78 is 10.3. The Labute approximate surface area is 95.3 Å². The molecule has 0 unspecified atom stereocenters. The summed E-state index contributed by atoms with van der Waals surface area (Å²) >= 11 is 0. The largest absolute Gasteiger partial charge is 0.493 e. The van der Waals surface area contributed by atoms with E-state index >= 15 is 0 Å². The lowest BCUT2D eigenvalue weighted by atomic mass is 9.96. The average Bonchev–Trinajstić information content (AvgIpc) is 2.26. The molecule has 0 aliphatic heterocycles. The van der Waals surface area contributed by atoms with Crippen molar-refractivity contribution in [1.82, 2.24) is 0 Å². The topological polar surface area (TPSA) is 61.5 Å². The number of benzene rings is 1. The van der Waals surface area contributed by atoms with E-state index in [1.54, 1.807) is 19.2 Å². The molecule has 0 saturated carbocycles. The van der Waals surface area contributed by atoms with E-state index in [9.17, 15) is 4.79 Å². The molecule has 88 valence electrons. The minimum Gasteiger partial charge on any atom is -0.493 e. The van der Waals surface area contributed by atoms with E-state index < -0.39 is 5.91 Å². The number of carbonyl (C=O) groups excluding carboxylic acids is 1. The first-order valence-corrected chi connectivity index (χ1v) is 5.07. The number of ether oxygens (including phenoxy) is 2. The summed E-state index contributed by atoms with van der Waals surface area (Å²) in [7, 11) is 3.09. The fraction of sp³-hybridized carbons (Fsp3) is 0.417. The smallest absolute Gasteiger partial charge is 0.249 e. The van der Waals surface area contributed by atoms with Gasteiger partial charge in [0, 0.05) is 5.56 Å². The number of amides is 1. The van der Waals surface area contributed by atoms with Crippen LogP contribution in [0.2, 0.25) is 0 Å². The molecule has 0 radical (unpaired) electrons. The molecule has 0 atom stereocenters. The van der Waals surface area contributed by atoms with Crippen molar-refractivity contribution in [3.05, 3.63) is 23.3 Å². The summed E-state index contributed by atoms with van der Waals surface area (Å²) in [6.07, 6.45) is 0. The number of carbonyl (C=O) groups is 1. The Morgan fingerprint density at radius 2 is 1.69 bits per heavy atom. The van der Waals surface area contributed by atoms with Crippen molar-refractivity contribution in [3.8, 4) is 11.5 Å². The second kappa shape index (κ2) is 4.88. The van der Waals surface area contributed by atoms with Crippen LogP contribution in [0.25, 0.3) is 0 Å². The standard InChI is InChI=1S/C12H17NO3/c1-7(2)8-5-10(15-3)11(16-4)6-9(8)12(13)14/h5-7H,1-4H3,(H2,13,14). The number of primary amides is 1. The molecule has 0 aromatic heterocycles. The molecule has 0 aliphatic rings. The van der Waals surface area contributed by atoms with Crippen LogP contribution in [-0.4, -0.2) is 20.1 Å². The van der Waals surface area contributed by atoms with Gasteiger partial charge in [0.05, 0.1) is 14.2 Å².